The van der Waals surface area contributed by atoms with Crippen LogP contribution in [0.1, 0.15) is 57.4 Å². The second-order valence-corrected chi connectivity index (χ2v) is 5.94. The van der Waals surface area contributed by atoms with Crippen LogP contribution in [-0.4, -0.2) is 13.0 Å². The van der Waals surface area contributed by atoms with Crippen LogP contribution in [0, 0.1) is 5.92 Å². The molecule has 20 heavy (non-hydrogen) atoms. The van der Waals surface area contributed by atoms with Crippen molar-refractivity contribution >= 4 is 11.6 Å². The molecule has 0 spiro atoms. The van der Waals surface area contributed by atoms with Crippen LogP contribution in [0.5, 0.6) is 5.75 Å². The first-order valence-corrected chi connectivity index (χ1v) is 8.52. The summed E-state index contributed by atoms with van der Waals surface area (Å²) in [5.74, 6) is 2.29. The van der Waals surface area contributed by atoms with Crippen molar-refractivity contribution in [1.29, 1.82) is 0 Å². The molecule has 1 atom stereocenters. The summed E-state index contributed by atoms with van der Waals surface area (Å²) in [5.41, 5.74) is 1.33. The molecule has 0 aliphatic carbocycles. The van der Waals surface area contributed by atoms with Gasteiger partial charge in [-0.1, -0.05) is 57.6 Å². The Morgan fingerprint density at radius 2 is 1.85 bits per heavy atom. The maximum Gasteiger partial charge on any atom is 0.119 e. The second-order valence-electron chi connectivity index (χ2n) is 5.63. The number of rotatable bonds is 11. The van der Waals surface area contributed by atoms with Crippen LogP contribution in [0.2, 0.25) is 0 Å². The third kappa shape index (κ3) is 7.19. The number of ether oxygens (including phenoxy) is 1. The van der Waals surface area contributed by atoms with Gasteiger partial charge in [0.15, 0.2) is 0 Å². The van der Waals surface area contributed by atoms with Crippen LogP contribution in [0.15, 0.2) is 24.3 Å². The molecule has 0 heterocycles. The van der Waals surface area contributed by atoms with Gasteiger partial charge in [0, 0.05) is 5.88 Å². The van der Waals surface area contributed by atoms with Gasteiger partial charge in [-0.05, 0) is 36.5 Å². The van der Waals surface area contributed by atoms with Gasteiger partial charge < -0.3 is 4.74 Å². The van der Waals surface area contributed by atoms with Crippen molar-refractivity contribution < 1.29 is 4.74 Å². The Kier molecular flexibility index (Phi) is 9.57. The van der Waals surface area contributed by atoms with E-state index in [0.717, 1.165) is 18.1 Å². The Labute approximate surface area is 129 Å². The molecular weight excluding hydrogens is 268 g/mol. The van der Waals surface area contributed by atoms with Gasteiger partial charge in [0.25, 0.3) is 0 Å². The molecule has 1 rings (SSSR count). The molecule has 1 unspecified atom stereocenters. The quantitative estimate of drug-likeness (QED) is 0.368. The van der Waals surface area contributed by atoms with E-state index in [9.17, 15) is 0 Å². The molecule has 0 saturated heterocycles. The molecule has 0 N–H and O–H groups in total. The van der Waals surface area contributed by atoms with E-state index in [1.165, 1.54) is 50.5 Å². The molecule has 0 aliphatic rings. The van der Waals surface area contributed by atoms with Crippen LogP contribution in [0.25, 0.3) is 0 Å². The molecule has 0 fully saturated rings. The van der Waals surface area contributed by atoms with Crippen molar-refractivity contribution in [3.8, 4) is 5.75 Å². The van der Waals surface area contributed by atoms with Gasteiger partial charge in [-0.3, -0.25) is 0 Å². The maximum atomic E-state index is 6.12. The van der Waals surface area contributed by atoms with Crippen molar-refractivity contribution in [3.05, 3.63) is 29.8 Å². The largest absolute Gasteiger partial charge is 0.497 e. The highest BCUT2D eigenvalue weighted by atomic mass is 35.5. The highest BCUT2D eigenvalue weighted by Gasteiger charge is 2.09. The number of halogens is 1. The van der Waals surface area contributed by atoms with Gasteiger partial charge in [0.05, 0.1) is 7.11 Å². The third-order valence-electron chi connectivity index (χ3n) is 3.84. The first-order valence-electron chi connectivity index (χ1n) is 7.99. The number of alkyl halides is 1. The third-order valence-corrected chi connectivity index (χ3v) is 4.28. The zero-order valence-electron chi connectivity index (χ0n) is 13.0. The molecule has 0 amide bonds. The van der Waals surface area contributed by atoms with Crippen molar-refractivity contribution in [3.63, 3.8) is 0 Å². The van der Waals surface area contributed by atoms with E-state index in [1.807, 2.05) is 6.07 Å². The number of benzene rings is 1. The van der Waals surface area contributed by atoms with Crippen molar-refractivity contribution in [2.75, 3.05) is 13.0 Å². The van der Waals surface area contributed by atoms with Gasteiger partial charge >= 0.3 is 0 Å². The van der Waals surface area contributed by atoms with Crippen molar-refractivity contribution in [2.45, 2.75) is 58.3 Å². The molecule has 0 aromatic heterocycles. The molecule has 0 bridgehead atoms. The SMILES string of the molecule is CCCCCCCCC(CCl)Cc1cccc(OC)c1. The minimum Gasteiger partial charge on any atom is -0.497 e. The standard InChI is InChI=1S/C18H29ClO/c1-3-4-5-6-7-8-10-17(15-19)13-16-11-9-12-18(14-16)20-2/h9,11-12,14,17H,3-8,10,13,15H2,1-2H3. The van der Waals surface area contributed by atoms with E-state index in [0.29, 0.717) is 5.92 Å². The van der Waals surface area contributed by atoms with Crippen LogP contribution < -0.4 is 4.74 Å². The van der Waals surface area contributed by atoms with Gasteiger partial charge in [0.2, 0.25) is 0 Å². The molecular formula is C18H29ClO. The lowest BCUT2D eigenvalue weighted by molar-refractivity contribution is 0.413. The van der Waals surface area contributed by atoms with Gasteiger partial charge in [-0.15, -0.1) is 11.6 Å². The number of hydrogen-bond donors (Lipinski definition) is 0. The lowest BCUT2D eigenvalue weighted by Crippen LogP contribution is -2.06. The smallest absolute Gasteiger partial charge is 0.119 e. The summed E-state index contributed by atoms with van der Waals surface area (Å²) in [5, 5.41) is 0. The lowest BCUT2D eigenvalue weighted by Gasteiger charge is -2.14. The first-order chi connectivity index (χ1) is 9.80. The van der Waals surface area contributed by atoms with Crippen molar-refractivity contribution in [1.82, 2.24) is 0 Å². The fourth-order valence-electron chi connectivity index (χ4n) is 2.58. The summed E-state index contributed by atoms with van der Waals surface area (Å²) in [4.78, 5) is 0. The Morgan fingerprint density at radius 3 is 2.55 bits per heavy atom. The van der Waals surface area contributed by atoms with E-state index < -0.39 is 0 Å². The van der Waals surface area contributed by atoms with Crippen LogP contribution >= 0.6 is 11.6 Å². The van der Waals surface area contributed by atoms with Gasteiger partial charge in [-0.25, -0.2) is 0 Å². The van der Waals surface area contributed by atoms with E-state index >= 15 is 0 Å². The minimum atomic E-state index is 0.593. The summed E-state index contributed by atoms with van der Waals surface area (Å²) in [7, 11) is 1.72. The summed E-state index contributed by atoms with van der Waals surface area (Å²) in [6.45, 7) is 2.26. The normalized spacial score (nSPS) is 12.3. The second kappa shape index (κ2) is 11.0. The number of hydrogen-bond acceptors (Lipinski definition) is 1. The average molecular weight is 297 g/mol. The molecule has 114 valence electrons. The summed E-state index contributed by atoms with van der Waals surface area (Å²) >= 11 is 6.12. The molecule has 0 aliphatic heterocycles. The zero-order chi connectivity index (χ0) is 14.6. The minimum absolute atomic E-state index is 0.593. The average Bonchev–Trinajstić information content (AvgIpc) is 2.49. The van der Waals surface area contributed by atoms with Crippen LogP contribution in [-0.2, 0) is 6.42 Å². The van der Waals surface area contributed by atoms with E-state index in [2.05, 4.69) is 25.1 Å². The number of methoxy groups -OCH3 is 1. The Bertz CT molecular complexity index is 351. The molecule has 0 saturated carbocycles. The van der Waals surface area contributed by atoms with Gasteiger partial charge in [-0.2, -0.15) is 0 Å². The summed E-state index contributed by atoms with van der Waals surface area (Å²) < 4.78 is 5.27. The Morgan fingerprint density at radius 1 is 1.10 bits per heavy atom. The molecule has 1 aromatic carbocycles. The molecule has 1 nitrogen and oxygen atoms in total. The highest BCUT2D eigenvalue weighted by molar-refractivity contribution is 6.18. The van der Waals surface area contributed by atoms with Gasteiger partial charge in [0.1, 0.15) is 5.75 Å². The molecule has 0 radical (unpaired) electrons. The monoisotopic (exact) mass is 296 g/mol. The fourth-order valence-corrected chi connectivity index (χ4v) is 2.84. The van der Waals surface area contributed by atoms with E-state index in [-0.39, 0.29) is 0 Å². The number of unbranched alkanes of at least 4 members (excludes halogenated alkanes) is 5. The molecule has 2 heteroatoms. The summed E-state index contributed by atoms with van der Waals surface area (Å²) in [6.07, 6.45) is 10.4. The van der Waals surface area contributed by atoms with Crippen molar-refractivity contribution in [2.24, 2.45) is 5.92 Å². The Balaban J connectivity index is 2.27. The summed E-state index contributed by atoms with van der Waals surface area (Å²) in [6, 6.07) is 8.35. The van der Waals surface area contributed by atoms with E-state index in [1.54, 1.807) is 7.11 Å². The lowest BCUT2D eigenvalue weighted by atomic mass is 9.95. The highest BCUT2D eigenvalue weighted by Crippen LogP contribution is 2.21. The zero-order valence-corrected chi connectivity index (χ0v) is 13.8. The fraction of sp³-hybridized carbons (Fsp3) is 0.667. The maximum absolute atomic E-state index is 6.12. The van der Waals surface area contributed by atoms with E-state index in [4.69, 9.17) is 16.3 Å². The van der Waals surface area contributed by atoms with Crippen LogP contribution in [0.3, 0.4) is 0 Å². The Hall–Kier alpha value is -0.690. The topological polar surface area (TPSA) is 9.23 Å². The van der Waals surface area contributed by atoms with Crippen LogP contribution in [0.4, 0.5) is 0 Å². The predicted molar refractivity (Wildman–Crippen MR) is 88.9 cm³/mol. The first kappa shape index (κ1) is 17.4. The predicted octanol–water partition coefficient (Wildman–Crippen LogP) is 5.84. The molecule has 1 aromatic rings.